The fraction of sp³-hybridized carbons (Fsp3) is 0.208. The normalized spacial score (nSPS) is 13.2. The van der Waals surface area contributed by atoms with E-state index in [9.17, 15) is 10.4 Å². The number of aromatic nitrogens is 2. The molecule has 0 radical (unpaired) electrons. The van der Waals surface area contributed by atoms with E-state index in [1.165, 1.54) is 23.1 Å². The van der Waals surface area contributed by atoms with Crippen molar-refractivity contribution in [2.75, 3.05) is 25.0 Å². The first-order chi connectivity index (χ1) is 17.0. The van der Waals surface area contributed by atoms with Crippen LogP contribution in [0.5, 0.6) is 0 Å². The smallest absolute Gasteiger partial charge is 0.238 e. The molecule has 0 spiro atoms. The standard InChI is InChI=1S/C24H19ClN6O2S2/c1-27-21-20(19-3-2-8-28-19)18(9-26)24(31-22(21)29-10-17(33)11-32)35-13-16-12-34-23(30-16)14-4-6-15(25)7-5-14/h2-7,12,17,32-33H,8,10-11,13H2,(H,29,31)/t17-/m0/s1. The summed E-state index contributed by atoms with van der Waals surface area (Å²) in [5, 5.41) is 35.8. The number of thioether (sulfide) groups is 1. The number of anilines is 1. The molecular weight excluding hydrogens is 504 g/mol. The van der Waals surface area contributed by atoms with Gasteiger partial charge in [0.15, 0.2) is 0 Å². The van der Waals surface area contributed by atoms with Crippen molar-refractivity contribution in [2.24, 2.45) is 4.99 Å². The maximum absolute atomic E-state index is 10.00. The lowest BCUT2D eigenvalue weighted by molar-refractivity contribution is 0.105. The van der Waals surface area contributed by atoms with Crippen LogP contribution < -0.4 is 5.32 Å². The molecule has 3 N–H and O–H groups in total. The number of aliphatic hydroxyl groups excluding tert-OH is 2. The highest BCUT2D eigenvalue weighted by atomic mass is 35.5. The van der Waals surface area contributed by atoms with Gasteiger partial charge < -0.3 is 15.5 Å². The van der Waals surface area contributed by atoms with Crippen molar-refractivity contribution in [3.8, 4) is 16.6 Å². The van der Waals surface area contributed by atoms with Crippen molar-refractivity contribution < 1.29 is 10.2 Å². The molecule has 2 aromatic heterocycles. The van der Waals surface area contributed by atoms with E-state index in [1.807, 2.05) is 35.7 Å². The SMILES string of the molecule is [C-]#[N+]c1c(NC[C@H](O)CO)nc(SCc2csc(-c3ccc(Cl)cc3)n2)c(C#N)c1C1=NCC=C1. The maximum Gasteiger partial charge on any atom is 0.238 e. The Morgan fingerprint density at radius 2 is 2.11 bits per heavy atom. The first-order valence-electron chi connectivity index (χ1n) is 10.5. The zero-order valence-corrected chi connectivity index (χ0v) is 20.7. The number of thiazole rings is 1. The van der Waals surface area contributed by atoms with E-state index in [0.717, 1.165) is 16.3 Å². The molecule has 0 amide bonds. The van der Waals surface area contributed by atoms with E-state index < -0.39 is 12.7 Å². The number of nitrogens with zero attached hydrogens (tertiary/aromatic N) is 5. The van der Waals surface area contributed by atoms with Gasteiger partial charge in [-0.3, -0.25) is 4.99 Å². The highest BCUT2D eigenvalue weighted by Gasteiger charge is 2.24. The van der Waals surface area contributed by atoms with E-state index in [0.29, 0.717) is 33.6 Å². The summed E-state index contributed by atoms with van der Waals surface area (Å²) < 4.78 is 0. The van der Waals surface area contributed by atoms with Gasteiger partial charge in [0, 0.05) is 33.8 Å². The minimum absolute atomic E-state index is 0.000318. The highest BCUT2D eigenvalue weighted by molar-refractivity contribution is 7.98. The Bertz CT molecular complexity index is 1370. The number of rotatable bonds is 9. The quantitative estimate of drug-likeness (QED) is 0.275. The van der Waals surface area contributed by atoms with Crippen molar-refractivity contribution in [2.45, 2.75) is 16.9 Å². The second-order valence-electron chi connectivity index (χ2n) is 7.37. The molecule has 0 bridgehead atoms. The third-order valence-corrected chi connectivity index (χ3v) is 7.18. The summed E-state index contributed by atoms with van der Waals surface area (Å²) >= 11 is 8.83. The van der Waals surface area contributed by atoms with E-state index in [4.69, 9.17) is 28.3 Å². The van der Waals surface area contributed by atoms with Gasteiger partial charge in [0.1, 0.15) is 21.9 Å². The van der Waals surface area contributed by atoms with Crippen LogP contribution in [0.15, 0.2) is 51.8 Å². The minimum Gasteiger partial charge on any atom is -0.394 e. The predicted octanol–water partition coefficient (Wildman–Crippen LogP) is 4.70. The summed E-state index contributed by atoms with van der Waals surface area (Å²) in [5.74, 6) is 0.691. The summed E-state index contributed by atoms with van der Waals surface area (Å²) in [6.07, 6.45) is 2.62. The Morgan fingerprint density at radius 1 is 1.31 bits per heavy atom. The van der Waals surface area contributed by atoms with E-state index in [1.54, 1.807) is 6.08 Å². The molecule has 0 unspecified atom stereocenters. The molecule has 3 aromatic rings. The zero-order chi connectivity index (χ0) is 24.8. The van der Waals surface area contributed by atoms with Crippen LogP contribution in [0.3, 0.4) is 0 Å². The highest BCUT2D eigenvalue weighted by Crippen LogP contribution is 2.38. The largest absolute Gasteiger partial charge is 0.394 e. The van der Waals surface area contributed by atoms with Crippen molar-refractivity contribution >= 4 is 51.9 Å². The molecule has 11 heteroatoms. The van der Waals surface area contributed by atoms with Crippen molar-refractivity contribution in [3.63, 3.8) is 0 Å². The number of nitriles is 1. The molecule has 1 aliphatic rings. The molecule has 1 atom stereocenters. The summed E-state index contributed by atoms with van der Waals surface area (Å²) in [7, 11) is 0. The van der Waals surface area contributed by atoms with Gasteiger partial charge in [0.05, 0.1) is 42.8 Å². The molecule has 1 aromatic carbocycles. The number of allylic oxidation sites excluding steroid dienone is 1. The van der Waals surface area contributed by atoms with Crippen LogP contribution in [0.4, 0.5) is 11.5 Å². The monoisotopic (exact) mass is 522 g/mol. The Morgan fingerprint density at radius 3 is 2.77 bits per heavy atom. The fourth-order valence-electron chi connectivity index (χ4n) is 3.29. The summed E-state index contributed by atoms with van der Waals surface area (Å²) in [6, 6.07) is 9.67. The van der Waals surface area contributed by atoms with E-state index in [-0.39, 0.29) is 23.6 Å². The Hall–Kier alpha value is -3.25. The lowest BCUT2D eigenvalue weighted by Gasteiger charge is -2.16. The molecule has 3 heterocycles. The van der Waals surface area contributed by atoms with Crippen molar-refractivity contribution in [1.29, 1.82) is 5.26 Å². The number of hydrogen-bond acceptors (Lipinski definition) is 9. The number of nitrogens with one attached hydrogen (secondary N) is 1. The maximum atomic E-state index is 10.00. The number of halogens is 1. The van der Waals surface area contributed by atoms with Gasteiger partial charge >= 0.3 is 0 Å². The van der Waals surface area contributed by atoms with Crippen molar-refractivity contribution in [3.05, 3.63) is 75.1 Å². The molecule has 0 saturated carbocycles. The zero-order valence-electron chi connectivity index (χ0n) is 18.3. The topological polar surface area (TPSA) is 119 Å². The average molecular weight is 523 g/mol. The first kappa shape index (κ1) is 24.9. The third-order valence-electron chi connectivity index (χ3n) is 4.98. The van der Waals surface area contributed by atoms with Gasteiger partial charge in [0.2, 0.25) is 5.69 Å². The van der Waals surface area contributed by atoms with Crippen LogP contribution in [-0.4, -0.2) is 51.7 Å². The Labute approximate surface area is 215 Å². The van der Waals surface area contributed by atoms with Crippen molar-refractivity contribution in [1.82, 2.24) is 9.97 Å². The molecule has 8 nitrogen and oxygen atoms in total. The first-order valence-corrected chi connectivity index (χ1v) is 12.7. The number of hydrogen-bond donors (Lipinski definition) is 3. The number of pyridine rings is 1. The molecule has 0 saturated heterocycles. The Balaban J connectivity index is 1.66. The fourth-order valence-corrected chi connectivity index (χ4v) is 5.23. The predicted molar refractivity (Wildman–Crippen MR) is 139 cm³/mol. The van der Waals surface area contributed by atoms with Crippen LogP contribution >= 0.6 is 34.7 Å². The summed E-state index contributed by atoms with van der Waals surface area (Å²) in [5.41, 5.74) is 3.17. The molecule has 176 valence electrons. The van der Waals surface area contributed by atoms with Gasteiger partial charge in [-0.15, -0.1) is 11.3 Å². The van der Waals surface area contributed by atoms with Gasteiger partial charge in [-0.1, -0.05) is 41.6 Å². The Kier molecular flexibility index (Phi) is 8.13. The number of aliphatic hydroxyl groups is 2. The van der Waals surface area contributed by atoms with Crippen LogP contribution in [-0.2, 0) is 5.75 Å². The summed E-state index contributed by atoms with van der Waals surface area (Å²) in [4.78, 5) is 17.3. The number of benzene rings is 1. The molecular formula is C24H19ClN6O2S2. The molecule has 0 aliphatic carbocycles. The second kappa shape index (κ2) is 11.5. The molecule has 4 rings (SSSR count). The lowest BCUT2D eigenvalue weighted by atomic mass is 10.0. The second-order valence-corrected chi connectivity index (χ2v) is 9.63. The van der Waals surface area contributed by atoms with Crippen LogP contribution in [0, 0.1) is 17.9 Å². The van der Waals surface area contributed by atoms with Gasteiger partial charge in [-0.05, 0) is 18.2 Å². The van der Waals surface area contributed by atoms with E-state index in [2.05, 4.69) is 26.2 Å². The van der Waals surface area contributed by atoms with Gasteiger partial charge in [-0.25, -0.2) is 14.8 Å². The third kappa shape index (κ3) is 5.70. The lowest BCUT2D eigenvalue weighted by Crippen LogP contribution is -2.23. The van der Waals surface area contributed by atoms with E-state index >= 15 is 0 Å². The number of aliphatic imine (C=N–C) groups is 1. The van der Waals surface area contributed by atoms with Crippen LogP contribution in [0.2, 0.25) is 5.02 Å². The molecule has 1 aliphatic heterocycles. The minimum atomic E-state index is -1.02. The molecule has 35 heavy (non-hydrogen) atoms. The van der Waals surface area contributed by atoms with Crippen LogP contribution in [0.1, 0.15) is 16.8 Å². The molecule has 0 fully saturated rings. The van der Waals surface area contributed by atoms with Gasteiger partial charge in [-0.2, -0.15) is 5.26 Å². The van der Waals surface area contributed by atoms with Gasteiger partial charge in [0.25, 0.3) is 0 Å². The van der Waals surface area contributed by atoms with Crippen LogP contribution in [0.25, 0.3) is 15.4 Å². The average Bonchev–Trinajstić information content (AvgIpc) is 3.58. The summed E-state index contributed by atoms with van der Waals surface area (Å²) in [6.45, 7) is 7.76.